The number of hydrogen-bond acceptors (Lipinski definition) is 3. The summed E-state index contributed by atoms with van der Waals surface area (Å²) in [6.07, 6.45) is -0.447. The summed E-state index contributed by atoms with van der Waals surface area (Å²) in [7, 11) is 3.35. The molecule has 112 valence electrons. The molecule has 0 aromatic rings. The Labute approximate surface area is 116 Å². The summed E-state index contributed by atoms with van der Waals surface area (Å²) in [5, 5.41) is 0. The molecule has 0 atom stereocenters. The van der Waals surface area contributed by atoms with Crippen molar-refractivity contribution in [2.24, 2.45) is 5.41 Å². The molecule has 0 aliphatic heterocycles. The molecule has 0 rings (SSSR count). The Morgan fingerprint density at radius 3 is 1.79 bits per heavy atom. The molecule has 0 N–H and O–H groups in total. The molecule has 0 aromatic carbocycles. The molecule has 2 amide bonds. The fraction of sp³-hybridized carbons (Fsp3) is 0.857. The molecule has 0 spiro atoms. The first-order chi connectivity index (χ1) is 8.32. The van der Waals surface area contributed by atoms with Crippen LogP contribution < -0.4 is 0 Å². The highest BCUT2D eigenvalue weighted by atomic mass is 16.6. The minimum atomic E-state index is -0.561. The first-order valence-electron chi connectivity index (χ1n) is 6.50. The van der Waals surface area contributed by atoms with Gasteiger partial charge >= 0.3 is 6.09 Å². The quantitative estimate of drug-likeness (QED) is 0.792. The van der Waals surface area contributed by atoms with E-state index < -0.39 is 11.7 Å². The summed E-state index contributed by atoms with van der Waals surface area (Å²) < 4.78 is 5.34. The summed E-state index contributed by atoms with van der Waals surface area (Å²) in [5.74, 6) is -0.116. The van der Waals surface area contributed by atoms with Crippen LogP contribution in [0, 0.1) is 5.41 Å². The van der Waals surface area contributed by atoms with E-state index in [1.807, 2.05) is 41.5 Å². The van der Waals surface area contributed by atoms with Gasteiger partial charge in [0.15, 0.2) is 0 Å². The van der Waals surface area contributed by atoms with Crippen LogP contribution in [0.3, 0.4) is 0 Å². The van der Waals surface area contributed by atoms with E-state index in [2.05, 4.69) is 0 Å². The molecule has 0 saturated heterocycles. The van der Waals surface area contributed by atoms with E-state index in [-0.39, 0.29) is 17.9 Å². The molecular formula is C14H28N2O3. The predicted octanol–water partition coefficient (Wildman–Crippen LogP) is 2.36. The molecular weight excluding hydrogens is 244 g/mol. The summed E-state index contributed by atoms with van der Waals surface area (Å²) in [6.45, 7) is 12.0. The third-order valence-corrected chi connectivity index (χ3v) is 2.14. The zero-order valence-electron chi connectivity index (χ0n) is 13.5. The zero-order chi connectivity index (χ0) is 15.4. The van der Waals surface area contributed by atoms with E-state index in [1.165, 1.54) is 9.80 Å². The normalized spacial score (nSPS) is 12.0. The van der Waals surface area contributed by atoms with Gasteiger partial charge in [-0.2, -0.15) is 0 Å². The van der Waals surface area contributed by atoms with Crippen molar-refractivity contribution in [1.29, 1.82) is 0 Å². The number of likely N-dealkylation sites (N-methyl/N-ethyl adjacent to an activating group) is 1. The number of carbonyl (C=O) groups is 2. The Balaban J connectivity index is 4.86. The third-order valence-electron chi connectivity index (χ3n) is 2.14. The predicted molar refractivity (Wildman–Crippen MR) is 76.0 cm³/mol. The lowest BCUT2D eigenvalue weighted by molar-refractivity contribution is -0.130. The number of amides is 2. The Morgan fingerprint density at radius 2 is 1.47 bits per heavy atom. The second-order valence-corrected chi connectivity index (χ2v) is 7.19. The lowest BCUT2D eigenvalue weighted by atomic mass is 9.96. The van der Waals surface area contributed by atoms with Crippen LogP contribution in [0.25, 0.3) is 0 Å². The van der Waals surface area contributed by atoms with Gasteiger partial charge in [0.05, 0.1) is 0 Å². The molecule has 5 nitrogen and oxygen atoms in total. The standard InChI is InChI=1S/C14H28N2O3/c1-13(2,3)10-16(9-11(17)15(7)8)12(18)19-14(4,5)6/h9-10H2,1-8H3. The van der Waals surface area contributed by atoms with Crippen molar-refractivity contribution in [1.82, 2.24) is 9.80 Å². The molecule has 0 unspecified atom stereocenters. The lowest BCUT2D eigenvalue weighted by Gasteiger charge is -2.32. The van der Waals surface area contributed by atoms with Crippen molar-refractivity contribution in [2.75, 3.05) is 27.2 Å². The van der Waals surface area contributed by atoms with Crippen LogP contribution in [-0.4, -0.2) is 54.6 Å². The Bertz CT molecular complexity index is 325. The van der Waals surface area contributed by atoms with Crippen molar-refractivity contribution in [3.8, 4) is 0 Å². The minimum Gasteiger partial charge on any atom is -0.444 e. The van der Waals surface area contributed by atoms with Gasteiger partial charge in [-0.1, -0.05) is 20.8 Å². The molecule has 0 saturated carbocycles. The molecule has 19 heavy (non-hydrogen) atoms. The maximum absolute atomic E-state index is 12.1. The van der Waals surface area contributed by atoms with Gasteiger partial charge in [0.25, 0.3) is 0 Å². The Morgan fingerprint density at radius 1 is 1.00 bits per heavy atom. The van der Waals surface area contributed by atoms with Gasteiger partial charge in [0.1, 0.15) is 12.1 Å². The number of ether oxygens (including phenoxy) is 1. The van der Waals surface area contributed by atoms with Crippen LogP contribution in [0.2, 0.25) is 0 Å². The molecule has 0 heterocycles. The molecule has 0 fully saturated rings. The number of rotatable bonds is 3. The van der Waals surface area contributed by atoms with Crippen LogP contribution in [0.4, 0.5) is 4.79 Å². The molecule has 0 aliphatic carbocycles. The number of carbonyl (C=O) groups excluding carboxylic acids is 2. The van der Waals surface area contributed by atoms with E-state index >= 15 is 0 Å². The van der Waals surface area contributed by atoms with Crippen molar-refractivity contribution >= 4 is 12.0 Å². The fourth-order valence-corrected chi connectivity index (χ4v) is 1.39. The summed E-state index contributed by atoms with van der Waals surface area (Å²) in [4.78, 5) is 26.9. The second kappa shape index (κ2) is 6.26. The highest BCUT2D eigenvalue weighted by molar-refractivity contribution is 5.82. The smallest absolute Gasteiger partial charge is 0.410 e. The van der Waals surface area contributed by atoms with Gasteiger partial charge in [0.2, 0.25) is 5.91 Å². The maximum atomic E-state index is 12.1. The summed E-state index contributed by atoms with van der Waals surface area (Å²) in [6, 6.07) is 0. The van der Waals surface area contributed by atoms with Gasteiger partial charge in [-0.3, -0.25) is 9.69 Å². The van der Waals surface area contributed by atoms with E-state index in [0.717, 1.165) is 0 Å². The summed E-state index contributed by atoms with van der Waals surface area (Å²) >= 11 is 0. The van der Waals surface area contributed by atoms with Crippen LogP contribution >= 0.6 is 0 Å². The molecule has 0 bridgehead atoms. The highest BCUT2D eigenvalue weighted by Crippen LogP contribution is 2.18. The van der Waals surface area contributed by atoms with E-state index in [1.54, 1.807) is 14.1 Å². The largest absolute Gasteiger partial charge is 0.444 e. The molecule has 5 heteroatoms. The lowest BCUT2D eigenvalue weighted by Crippen LogP contribution is -2.46. The van der Waals surface area contributed by atoms with E-state index in [4.69, 9.17) is 4.74 Å². The average Bonchev–Trinajstić information content (AvgIpc) is 2.11. The van der Waals surface area contributed by atoms with E-state index in [9.17, 15) is 9.59 Å². The minimum absolute atomic E-state index is 0.0409. The van der Waals surface area contributed by atoms with Crippen molar-refractivity contribution in [3.05, 3.63) is 0 Å². The average molecular weight is 272 g/mol. The van der Waals surface area contributed by atoms with E-state index in [0.29, 0.717) is 6.54 Å². The second-order valence-electron chi connectivity index (χ2n) is 7.19. The first-order valence-corrected chi connectivity index (χ1v) is 6.50. The molecule has 0 aliphatic rings. The van der Waals surface area contributed by atoms with Crippen molar-refractivity contribution in [2.45, 2.75) is 47.1 Å². The fourth-order valence-electron chi connectivity index (χ4n) is 1.39. The van der Waals surface area contributed by atoms with Crippen LogP contribution in [0.5, 0.6) is 0 Å². The molecule has 0 aromatic heterocycles. The number of nitrogens with zero attached hydrogens (tertiary/aromatic N) is 2. The zero-order valence-corrected chi connectivity index (χ0v) is 13.5. The van der Waals surface area contributed by atoms with Gasteiger partial charge < -0.3 is 9.64 Å². The first kappa shape index (κ1) is 17.7. The van der Waals surface area contributed by atoms with Crippen LogP contribution in [-0.2, 0) is 9.53 Å². The maximum Gasteiger partial charge on any atom is 0.410 e. The number of hydrogen-bond donors (Lipinski definition) is 0. The Kier molecular flexibility index (Phi) is 5.84. The third kappa shape index (κ3) is 8.46. The van der Waals surface area contributed by atoms with Gasteiger partial charge in [-0.05, 0) is 26.2 Å². The van der Waals surface area contributed by atoms with Gasteiger partial charge in [0, 0.05) is 20.6 Å². The summed E-state index contributed by atoms with van der Waals surface area (Å²) in [5.41, 5.74) is -0.655. The van der Waals surface area contributed by atoms with Crippen molar-refractivity contribution < 1.29 is 14.3 Å². The SMILES string of the molecule is CN(C)C(=O)CN(CC(C)(C)C)C(=O)OC(C)(C)C. The van der Waals surface area contributed by atoms with Crippen LogP contribution in [0.15, 0.2) is 0 Å². The highest BCUT2D eigenvalue weighted by Gasteiger charge is 2.27. The van der Waals surface area contributed by atoms with Gasteiger partial charge in [-0.25, -0.2) is 4.79 Å². The van der Waals surface area contributed by atoms with Crippen LogP contribution in [0.1, 0.15) is 41.5 Å². The topological polar surface area (TPSA) is 49.9 Å². The monoisotopic (exact) mass is 272 g/mol. The Hall–Kier alpha value is -1.26. The molecule has 0 radical (unpaired) electrons. The van der Waals surface area contributed by atoms with Crippen molar-refractivity contribution in [3.63, 3.8) is 0 Å². The van der Waals surface area contributed by atoms with Gasteiger partial charge in [-0.15, -0.1) is 0 Å².